The number of fused-ring (bicyclic) bond motifs is 1. The van der Waals surface area contributed by atoms with Gasteiger partial charge in [-0.1, -0.05) is 68.1 Å². The molecule has 42 heavy (non-hydrogen) atoms. The maximum Gasteiger partial charge on any atom is 0.271 e. The zero-order valence-electron chi connectivity index (χ0n) is 23.8. The third-order valence-electron chi connectivity index (χ3n) is 6.49. The Balaban J connectivity index is 1.69. The van der Waals surface area contributed by atoms with E-state index in [4.69, 9.17) is 15.9 Å². The summed E-state index contributed by atoms with van der Waals surface area (Å²) in [6.45, 7) is 5.14. The van der Waals surface area contributed by atoms with Crippen LogP contribution in [0.15, 0.2) is 70.7 Å². The lowest BCUT2D eigenvalue weighted by molar-refractivity contribution is -0.118. The van der Waals surface area contributed by atoms with Gasteiger partial charge in [0.15, 0.2) is 5.16 Å². The Morgan fingerprint density at radius 2 is 1.74 bits per heavy atom. The fourth-order valence-corrected chi connectivity index (χ4v) is 5.46. The minimum Gasteiger partial charge on any atom is -0.369 e. The van der Waals surface area contributed by atoms with Gasteiger partial charge in [0.2, 0.25) is 15.9 Å². The third-order valence-corrected chi connectivity index (χ3v) is 7.97. The fraction of sp³-hybridized carbons (Fsp3) is 0.310. The number of hydrogen-bond donors (Lipinski definition) is 3. The Hall–Kier alpha value is -3.94. The van der Waals surface area contributed by atoms with E-state index in [2.05, 4.69) is 24.1 Å². The molecule has 2 aromatic heterocycles. The van der Waals surface area contributed by atoms with Crippen LogP contribution in [0.5, 0.6) is 0 Å². The highest BCUT2D eigenvalue weighted by molar-refractivity contribution is 7.98. The molecule has 5 N–H and O–H groups in total. The summed E-state index contributed by atoms with van der Waals surface area (Å²) < 4.78 is 25.0. The lowest BCUT2D eigenvalue weighted by Crippen LogP contribution is -2.39. The summed E-state index contributed by atoms with van der Waals surface area (Å²) in [7, 11) is -3.76. The van der Waals surface area contributed by atoms with Crippen molar-refractivity contribution in [2.45, 2.75) is 43.4 Å². The van der Waals surface area contributed by atoms with Gasteiger partial charge < -0.3 is 20.5 Å². The van der Waals surface area contributed by atoms with E-state index in [0.29, 0.717) is 47.2 Å². The highest BCUT2D eigenvalue weighted by Gasteiger charge is 2.26. The summed E-state index contributed by atoms with van der Waals surface area (Å²) in [5, 5.41) is 9.80. The van der Waals surface area contributed by atoms with Crippen LogP contribution >= 0.6 is 11.8 Å². The van der Waals surface area contributed by atoms with Gasteiger partial charge >= 0.3 is 0 Å². The van der Waals surface area contributed by atoms with Gasteiger partial charge in [-0.2, -0.15) is 0 Å². The van der Waals surface area contributed by atoms with Gasteiger partial charge in [-0.15, -0.1) is 0 Å². The molecule has 0 bridgehead atoms. The Morgan fingerprint density at radius 1 is 1.05 bits per heavy atom. The smallest absolute Gasteiger partial charge is 0.271 e. The molecule has 0 spiro atoms. The summed E-state index contributed by atoms with van der Waals surface area (Å²) >= 11 is 1.39. The summed E-state index contributed by atoms with van der Waals surface area (Å²) in [5.41, 5.74) is 8.35. The Kier molecular flexibility index (Phi) is 9.86. The number of primary sulfonamides is 1. The van der Waals surface area contributed by atoms with Crippen LogP contribution in [-0.4, -0.2) is 59.0 Å². The van der Waals surface area contributed by atoms with Crippen LogP contribution in [0, 0.1) is 5.92 Å². The number of amides is 2. The minimum absolute atomic E-state index is 0.0580. The van der Waals surface area contributed by atoms with E-state index in [1.54, 1.807) is 18.2 Å². The predicted octanol–water partition coefficient (Wildman–Crippen LogP) is 3.24. The molecule has 0 aliphatic rings. The van der Waals surface area contributed by atoms with E-state index in [-0.39, 0.29) is 29.8 Å². The number of aromatic nitrogens is 3. The largest absolute Gasteiger partial charge is 0.369 e. The van der Waals surface area contributed by atoms with Crippen molar-refractivity contribution in [3.63, 3.8) is 0 Å². The number of thioether (sulfide) groups is 1. The van der Waals surface area contributed by atoms with E-state index in [0.717, 1.165) is 11.1 Å². The van der Waals surface area contributed by atoms with Crippen LogP contribution in [0.4, 0.5) is 5.82 Å². The lowest BCUT2D eigenvalue weighted by atomic mass is 10.1. The van der Waals surface area contributed by atoms with E-state index in [1.165, 1.54) is 28.8 Å². The first-order valence-corrected chi connectivity index (χ1v) is 16.2. The minimum atomic E-state index is -3.76. The molecule has 0 radical (unpaired) electrons. The van der Waals surface area contributed by atoms with Crippen LogP contribution in [0.25, 0.3) is 11.0 Å². The number of anilines is 1. The van der Waals surface area contributed by atoms with Gasteiger partial charge in [0.1, 0.15) is 23.7 Å². The summed E-state index contributed by atoms with van der Waals surface area (Å²) in [5.74, 6) is -0.153. The standard InChI is InChI=1S/C29H35N7O4S2/c1-19(2)16-36-24(28(38)35(18-25(30)37)17-21-7-5-4-6-8-21)15-23-26(33-29(41-3)34-27(23)36)32-14-13-20-9-11-22(12-10-20)42(31,39)40/h4-12,15,19H,13-14,16-18H2,1-3H3,(H2,30,37)(H2,31,39,40)(H,32,33,34). The molecule has 13 heteroatoms. The van der Waals surface area contributed by atoms with Crippen molar-refractivity contribution in [1.29, 1.82) is 0 Å². The Bertz CT molecular complexity index is 1670. The van der Waals surface area contributed by atoms with E-state index in [9.17, 15) is 18.0 Å². The van der Waals surface area contributed by atoms with Gasteiger partial charge in [-0.25, -0.2) is 23.5 Å². The Labute approximate surface area is 249 Å². The fourth-order valence-electron chi connectivity index (χ4n) is 4.58. The number of rotatable bonds is 13. The molecule has 4 aromatic rings. The van der Waals surface area contributed by atoms with Gasteiger partial charge in [0.05, 0.1) is 10.3 Å². The van der Waals surface area contributed by atoms with Crippen LogP contribution in [0.1, 0.15) is 35.5 Å². The summed E-state index contributed by atoms with van der Waals surface area (Å²) in [6, 6.07) is 17.6. The number of carbonyl (C=O) groups is 2. The van der Waals surface area contributed by atoms with Crippen molar-refractivity contribution >= 4 is 50.5 Å². The van der Waals surface area contributed by atoms with Gasteiger partial charge in [0, 0.05) is 19.6 Å². The van der Waals surface area contributed by atoms with Crippen molar-refractivity contribution in [3.8, 4) is 0 Å². The molecule has 2 heterocycles. The van der Waals surface area contributed by atoms with Gasteiger partial charge in [0.25, 0.3) is 5.91 Å². The maximum atomic E-state index is 14.0. The monoisotopic (exact) mass is 609 g/mol. The number of nitrogens with two attached hydrogens (primary N) is 2. The zero-order valence-corrected chi connectivity index (χ0v) is 25.4. The molecule has 2 amide bonds. The van der Waals surface area contributed by atoms with Crippen LogP contribution in [0.3, 0.4) is 0 Å². The summed E-state index contributed by atoms with van der Waals surface area (Å²) in [6.07, 6.45) is 2.47. The van der Waals surface area contributed by atoms with Crippen molar-refractivity contribution in [2.75, 3.05) is 24.7 Å². The molecule has 0 aliphatic carbocycles. The molecule has 2 aromatic carbocycles. The van der Waals surface area contributed by atoms with Crippen LogP contribution in [0.2, 0.25) is 0 Å². The van der Waals surface area contributed by atoms with Crippen molar-refractivity contribution in [2.24, 2.45) is 16.8 Å². The number of sulfonamides is 1. The SMILES string of the molecule is CSc1nc(NCCc2ccc(S(N)(=O)=O)cc2)c2cc(C(=O)N(CC(N)=O)Cc3ccccc3)n(CC(C)C)c2n1. The molecule has 0 atom stereocenters. The molecule has 0 unspecified atom stereocenters. The second-order valence-corrected chi connectivity index (χ2v) is 12.6. The van der Waals surface area contributed by atoms with Crippen molar-refractivity contribution in [1.82, 2.24) is 19.4 Å². The molecule has 0 fully saturated rings. The van der Waals surface area contributed by atoms with E-state index < -0.39 is 15.9 Å². The van der Waals surface area contributed by atoms with E-state index in [1.807, 2.05) is 41.2 Å². The molecule has 11 nitrogen and oxygen atoms in total. The first-order chi connectivity index (χ1) is 20.0. The zero-order chi connectivity index (χ0) is 30.4. The molecule has 0 saturated carbocycles. The van der Waals surface area contributed by atoms with Crippen LogP contribution in [-0.2, 0) is 34.3 Å². The number of benzene rings is 2. The number of carbonyl (C=O) groups excluding carboxylic acids is 2. The second kappa shape index (κ2) is 13.4. The highest BCUT2D eigenvalue weighted by Crippen LogP contribution is 2.29. The highest BCUT2D eigenvalue weighted by atomic mass is 32.2. The Morgan fingerprint density at radius 3 is 2.33 bits per heavy atom. The molecule has 222 valence electrons. The second-order valence-electron chi connectivity index (χ2n) is 10.3. The third kappa shape index (κ3) is 7.66. The average Bonchev–Trinajstić information content (AvgIpc) is 3.30. The predicted molar refractivity (Wildman–Crippen MR) is 165 cm³/mol. The maximum absolute atomic E-state index is 14.0. The number of nitrogens with zero attached hydrogens (tertiary/aromatic N) is 4. The first kappa shape index (κ1) is 31.0. The van der Waals surface area contributed by atoms with Gasteiger partial charge in [-0.05, 0) is 47.9 Å². The molecule has 0 saturated heterocycles. The number of hydrogen-bond acceptors (Lipinski definition) is 8. The molecule has 0 aliphatic heterocycles. The first-order valence-electron chi connectivity index (χ1n) is 13.4. The topological polar surface area (TPSA) is 166 Å². The lowest BCUT2D eigenvalue weighted by Gasteiger charge is -2.22. The van der Waals surface area contributed by atoms with Crippen LogP contribution < -0.4 is 16.2 Å². The van der Waals surface area contributed by atoms with Crippen molar-refractivity contribution in [3.05, 3.63) is 77.5 Å². The normalized spacial score (nSPS) is 11.6. The summed E-state index contributed by atoms with van der Waals surface area (Å²) in [4.78, 5) is 36.9. The number of nitrogens with one attached hydrogen (secondary N) is 1. The average molecular weight is 610 g/mol. The molecular weight excluding hydrogens is 574 g/mol. The van der Waals surface area contributed by atoms with Gasteiger partial charge in [-0.3, -0.25) is 9.59 Å². The molecular formula is C29H35N7O4S2. The van der Waals surface area contributed by atoms with Crippen molar-refractivity contribution < 1.29 is 18.0 Å². The van der Waals surface area contributed by atoms with E-state index >= 15 is 0 Å². The molecule has 4 rings (SSSR count). The number of primary amides is 1. The quantitative estimate of drug-likeness (QED) is 0.153.